The molecule has 96 valence electrons. The second-order valence-electron chi connectivity index (χ2n) is 3.31. The number of β-lactam (4-membered cyclic amide) rings is 1. The number of nitrogens with zero attached hydrogens (tertiary/aromatic N) is 2. The van der Waals surface area contributed by atoms with Crippen molar-refractivity contribution in [2.45, 2.75) is 27.2 Å². The molecule has 6 nitrogen and oxygen atoms in total. The summed E-state index contributed by atoms with van der Waals surface area (Å²) in [6.07, 6.45) is 0.208. The Bertz CT molecular complexity index is 306. The average Bonchev–Trinajstić information content (AvgIpc) is 2.16. The van der Waals surface area contributed by atoms with Crippen LogP contribution < -0.4 is 0 Å². The Hall–Kier alpha value is -0.660. The fourth-order valence-corrected chi connectivity index (χ4v) is 1.88. The molecule has 0 unspecified atom stereocenters. The minimum atomic E-state index is -4.23. The maximum Gasteiger partial charge on any atom is 0.362 e. The van der Waals surface area contributed by atoms with Crippen molar-refractivity contribution < 1.29 is 17.8 Å². The summed E-state index contributed by atoms with van der Waals surface area (Å²) in [7, 11) is -4.23. The maximum atomic E-state index is 10.3. The van der Waals surface area contributed by atoms with E-state index in [4.69, 9.17) is 4.55 Å². The van der Waals surface area contributed by atoms with Crippen LogP contribution in [0.15, 0.2) is 0 Å². The number of amides is 1. The lowest BCUT2D eigenvalue weighted by Crippen LogP contribution is -2.46. The lowest BCUT2D eigenvalue weighted by atomic mass is 10.3. The predicted molar refractivity (Wildman–Crippen MR) is 61.3 cm³/mol. The number of carbonyl (C=O) groups excluding carboxylic acids is 1. The zero-order valence-electron chi connectivity index (χ0n) is 10.0. The number of rotatable bonds is 4. The average molecular weight is 252 g/mol. The molecule has 1 aliphatic rings. The molecule has 0 atom stereocenters. The van der Waals surface area contributed by atoms with Gasteiger partial charge in [-0.3, -0.25) is 9.35 Å². The van der Waals surface area contributed by atoms with E-state index in [9.17, 15) is 13.2 Å². The molecule has 1 N–H and O–H groups in total. The lowest BCUT2D eigenvalue weighted by Gasteiger charge is -2.25. The molecule has 0 bridgehead atoms. The van der Waals surface area contributed by atoms with Crippen LogP contribution in [0.4, 0.5) is 0 Å². The Morgan fingerprint density at radius 1 is 1.25 bits per heavy atom. The first-order chi connectivity index (χ1) is 7.36. The standard InChI is InChI=1S/C6H15N.C3H5NO4S/c1-4-7(5-2)6-3;5-3-1-2-4(3)9(6,7)8/h4-6H2,1-3H3;1-2H2,(H,6,7,8). The van der Waals surface area contributed by atoms with Gasteiger partial charge in [0.05, 0.1) is 0 Å². The smallest absolute Gasteiger partial charge is 0.304 e. The SMILES string of the molecule is CCN(CC)CC.O=C1CCN1S(=O)(=O)O. The number of carbonyl (C=O) groups is 1. The molecule has 0 spiro atoms. The Balaban J connectivity index is 0.000000293. The van der Waals surface area contributed by atoms with E-state index in [1.54, 1.807) is 0 Å². The molecule has 0 aromatic heterocycles. The van der Waals surface area contributed by atoms with Crippen LogP contribution in [0, 0.1) is 0 Å². The molecule has 0 aromatic rings. The summed E-state index contributed by atoms with van der Waals surface area (Å²) in [6, 6.07) is 0. The van der Waals surface area contributed by atoms with E-state index in [1.807, 2.05) is 0 Å². The van der Waals surface area contributed by atoms with Crippen molar-refractivity contribution in [3.8, 4) is 0 Å². The number of hydrogen-bond donors (Lipinski definition) is 1. The van der Waals surface area contributed by atoms with Gasteiger partial charge in [-0.15, -0.1) is 0 Å². The van der Waals surface area contributed by atoms with Crippen molar-refractivity contribution in [3.05, 3.63) is 0 Å². The Kier molecular flexibility index (Phi) is 6.54. The van der Waals surface area contributed by atoms with Gasteiger partial charge >= 0.3 is 10.3 Å². The van der Waals surface area contributed by atoms with E-state index in [-0.39, 0.29) is 13.0 Å². The summed E-state index contributed by atoms with van der Waals surface area (Å²) in [6.45, 7) is 10.2. The third-order valence-electron chi connectivity index (χ3n) is 2.43. The highest BCUT2D eigenvalue weighted by Crippen LogP contribution is 2.11. The molecule has 0 aromatic carbocycles. The van der Waals surface area contributed by atoms with Crippen molar-refractivity contribution in [2.75, 3.05) is 26.2 Å². The van der Waals surface area contributed by atoms with Gasteiger partial charge in [0.25, 0.3) is 0 Å². The maximum absolute atomic E-state index is 10.3. The van der Waals surface area contributed by atoms with E-state index >= 15 is 0 Å². The fourth-order valence-electron chi connectivity index (χ4n) is 1.21. The van der Waals surface area contributed by atoms with E-state index < -0.39 is 16.2 Å². The molecule has 1 aliphatic heterocycles. The van der Waals surface area contributed by atoms with Crippen LogP contribution >= 0.6 is 0 Å². The first-order valence-corrected chi connectivity index (χ1v) is 6.76. The fraction of sp³-hybridized carbons (Fsp3) is 0.889. The Labute approximate surface area is 97.1 Å². The van der Waals surface area contributed by atoms with E-state index in [2.05, 4.69) is 25.7 Å². The zero-order valence-corrected chi connectivity index (χ0v) is 10.8. The first kappa shape index (κ1) is 15.3. The molecule has 16 heavy (non-hydrogen) atoms. The number of hydrogen-bond acceptors (Lipinski definition) is 4. The summed E-state index contributed by atoms with van der Waals surface area (Å²) in [5.41, 5.74) is 0. The molecular formula is C9H20N2O4S. The zero-order chi connectivity index (χ0) is 12.8. The van der Waals surface area contributed by atoms with Crippen LogP contribution in [-0.2, 0) is 15.1 Å². The normalized spacial score (nSPS) is 15.6. The quantitative estimate of drug-likeness (QED) is 0.577. The van der Waals surface area contributed by atoms with E-state index in [0.29, 0.717) is 4.31 Å². The second kappa shape index (κ2) is 6.82. The van der Waals surface area contributed by atoms with Crippen molar-refractivity contribution in [1.29, 1.82) is 0 Å². The van der Waals surface area contributed by atoms with Crippen LogP contribution in [0.5, 0.6) is 0 Å². The van der Waals surface area contributed by atoms with Gasteiger partial charge in [-0.25, -0.2) is 4.31 Å². The van der Waals surface area contributed by atoms with Crippen LogP contribution in [0.25, 0.3) is 0 Å². The third-order valence-corrected chi connectivity index (χ3v) is 3.37. The molecule has 1 rings (SSSR count). The van der Waals surface area contributed by atoms with Gasteiger partial charge in [0.1, 0.15) is 0 Å². The van der Waals surface area contributed by atoms with Crippen LogP contribution in [0.1, 0.15) is 27.2 Å². The second-order valence-corrected chi connectivity index (χ2v) is 4.65. The summed E-state index contributed by atoms with van der Waals surface area (Å²) < 4.78 is 28.8. The highest BCUT2D eigenvalue weighted by atomic mass is 32.2. The molecule has 1 saturated heterocycles. The van der Waals surface area contributed by atoms with Gasteiger partial charge in [-0.1, -0.05) is 20.8 Å². The van der Waals surface area contributed by atoms with Crippen molar-refractivity contribution in [1.82, 2.24) is 9.21 Å². The van der Waals surface area contributed by atoms with Crippen LogP contribution in [0.3, 0.4) is 0 Å². The van der Waals surface area contributed by atoms with Gasteiger partial charge in [-0.05, 0) is 19.6 Å². The third kappa shape index (κ3) is 4.91. The van der Waals surface area contributed by atoms with Crippen molar-refractivity contribution in [2.24, 2.45) is 0 Å². The summed E-state index contributed by atoms with van der Waals surface area (Å²) in [5, 5.41) is 0. The van der Waals surface area contributed by atoms with E-state index in [0.717, 1.165) is 0 Å². The van der Waals surface area contributed by atoms with Crippen LogP contribution in [-0.4, -0.2) is 54.3 Å². The largest absolute Gasteiger partial charge is 0.362 e. The first-order valence-electron chi connectivity index (χ1n) is 5.37. The molecule has 1 amide bonds. The molecule has 7 heteroatoms. The predicted octanol–water partition coefficient (Wildman–Crippen LogP) is 0.370. The van der Waals surface area contributed by atoms with Gasteiger partial charge < -0.3 is 4.90 Å². The highest BCUT2D eigenvalue weighted by molar-refractivity contribution is 7.84. The summed E-state index contributed by atoms with van der Waals surface area (Å²) >= 11 is 0. The molecule has 1 heterocycles. The van der Waals surface area contributed by atoms with Crippen molar-refractivity contribution in [3.63, 3.8) is 0 Å². The molecule has 0 saturated carbocycles. The summed E-state index contributed by atoms with van der Waals surface area (Å²) in [5.74, 6) is -0.544. The van der Waals surface area contributed by atoms with Gasteiger partial charge in [0.2, 0.25) is 5.91 Å². The molecule has 1 fully saturated rings. The monoisotopic (exact) mass is 252 g/mol. The van der Waals surface area contributed by atoms with Gasteiger partial charge in [0, 0.05) is 13.0 Å². The summed E-state index contributed by atoms with van der Waals surface area (Å²) in [4.78, 5) is 12.6. The molecular weight excluding hydrogens is 232 g/mol. The topological polar surface area (TPSA) is 77.9 Å². The van der Waals surface area contributed by atoms with Gasteiger partial charge in [-0.2, -0.15) is 8.42 Å². The Morgan fingerprint density at radius 2 is 1.69 bits per heavy atom. The van der Waals surface area contributed by atoms with E-state index in [1.165, 1.54) is 19.6 Å². The van der Waals surface area contributed by atoms with Crippen molar-refractivity contribution >= 4 is 16.2 Å². The Morgan fingerprint density at radius 3 is 1.69 bits per heavy atom. The molecule has 0 aliphatic carbocycles. The van der Waals surface area contributed by atoms with Crippen LogP contribution in [0.2, 0.25) is 0 Å². The molecule has 0 radical (unpaired) electrons. The minimum Gasteiger partial charge on any atom is -0.304 e. The lowest BCUT2D eigenvalue weighted by molar-refractivity contribution is -0.133. The minimum absolute atomic E-state index is 0.109. The van der Waals surface area contributed by atoms with Gasteiger partial charge in [0.15, 0.2) is 0 Å². The highest BCUT2D eigenvalue weighted by Gasteiger charge is 2.33.